The van der Waals surface area contributed by atoms with E-state index >= 15 is 0 Å². The van der Waals surface area contributed by atoms with Crippen LogP contribution in [0.4, 0.5) is 0 Å². The van der Waals surface area contributed by atoms with Crippen molar-refractivity contribution in [3.8, 4) is 22.6 Å². The molecule has 0 heterocycles. The van der Waals surface area contributed by atoms with E-state index in [1.807, 2.05) is 42.5 Å². The van der Waals surface area contributed by atoms with Gasteiger partial charge in [0.25, 0.3) is 0 Å². The standard InChI is InChI=1S/C27H29NO5/c1-18-20(10-7-11-22(18)21-8-5-4-6-9-21)13-12-19-14-25(32-2)23(26(15-19)33-3)16-28-24(17-29)27(30)31/h4-15,24,28-29H,16-17H2,1-3H3,(H,30,31). The second kappa shape index (κ2) is 11.3. The molecule has 0 spiro atoms. The zero-order chi connectivity index (χ0) is 23.8. The van der Waals surface area contributed by atoms with E-state index in [1.165, 1.54) is 16.7 Å². The molecule has 3 aromatic carbocycles. The zero-order valence-electron chi connectivity index (χ0n) is 19.0. The van der Waals surface area contributed by atoms with Gasteiger partial charge < -0.3 is 19.7 Å². The molecule has 1 unspecified atom stereocenters. The van der Waals surface area contributed by atoms with Gasteiger partial charge in [-0.1, -0.05) is 60.7 Å². The molecule has 0 saturated heterocycles. The van der Waals surface area contributed by atoms with E-state index in [2.05, 4.69) is 42.6 Å². The minimum absolute atomic E-state index is 0.173. The van der Waals surface area contributed by atoms with Gasteiger partial charge in [0.2, 0.25) is 0 Å². The van der Waals surface area contributed by atoms with Crippen molar-refractivity contribution in [1.29, 1.82) is 0 Å². The number of aliphatic hydroxyl groups is 1. The van der Waals surface area contributed by atoms with Crippen LogP contribution in [0, 0.1) is 6.92 Å². The smallest absolute Gasteiger partial charge is 0.323 e. The Hall–Kier alpha value is -3.61. The molecule has 172 valence electrons. The minimum atomic E-state index is -1.12. The summed E-state index contributed by atoms with van der Waals surface area (Å²) < 4.78 is 11.1. The summed E-state index contributed by atoms with van der Waals surface area (Å²) in [4.78, 5) is 11.2. The maximum Gasteiger partial charge on any atom is 0.323 e. The molecule has 0 amide bonds. The number of methoxy groups -OCH3 is 2. The van der Waals surface area contributed by atoms with Gasteiger partial charge in [-0.15, -0.1) is 0 Å². The fourth-order valence-corrected chi connectivity index (χ4v) is 3.68. The quantitative estimate of drug-likeness (QED) is 0.400. The van der Waals surface area contributed by atoms with E-state index in [0.29, 0.717) is 17.1 Å². The lowest BCUT2D eigenvalue weighted by Crippen LogP contribution is -2.39. The molecule has 0 aromatic heterocycles. The van der Waals surface area contributed by atoms with Crippen LogP contribution < -0.4 is 14.8 Å². The molecule has 6 nitrogen and oxygen atoms in total. The maximum absolute atomic E-state index is 11.2. The summed E-state index contributed by atoms with van der Waals surface area (Å²) in [5.74, 6) is 0.0137. The lowest BCUT2D eigenvalue weighted by molar-refractivity contribution is -0.140. The highest BCUT2D eigenvalue weighted by molar-refractivity contribution is 5.78. The summed E-state index contributed by atoms with van der Waals surface area (Å²) in [5, 5.41) is 21.2. The van der Waals surface area contributed by atoms with Crippen molar-refractivity contribution in [2.24, 2.45) is 0 Å². The Bertz CT molecular complexity index is 1100. The van der Waals surface area contributed by atoms with Crippen LogP contribution >= 0.6 is 0 Å². The summed E-state index contributed by atoms with van der Waals surface area (Å²) in [5.41, 5.74) is 6.21. The van der Waals surface area contributed by atoms with Crippen LogP contribution in [0.15, 0.2) is 60.7 Å². The SMILES string of the molecule is COc1cc(C=Cc2cccc(-c3ccccc3)c2C)cc(OC)c1CNC(CO)C(=O)O. The van der Waals surface area contributed by atoms with E-state index in [-0.39, 0.29) is 6.54 Å². The predicted molar refractivity (Wildman–Crippen MR) is 130 cm³/mol. The van der Waals surface area contributed by atoms with Crippen LogP contribution in [-0.2, 0) is 11.3 Å². The molecule has 0 saturated carbocycles. The maximum atomic E-state index is 11.2. The number of rotatable bonds is 10. The number of aliphatic hydroxyl groups excluding tert-OH is 1. The van der Waals surface area contributed by atoms with Crippen LogP contribution in [0.1, 0.15) is 22.3 Å². The molecule has 33 heavy (non-hydrogen) atoms. The van der Waals surface area contributed by atoms with E-state index in [9.17, 15) is 9.90 Å². The Labute approximate surface area is 194 Å². The highest BCUT2D eigenvalue weighted by Crippen LogP contribution is 2.32. The van der Waals surface area contributed by atoms with E-state index in [4.69, 9.17) is 14.6 Å². The lowest BCUT2D eigenvalue weighted by Gasteiger charge is -2.17. The second-order valence-electron chi connectivity index (χ2n) is 7.58. The molecular weight excluding hydrogens is 418 g/mol. The van der Waals surface area contributed by atoms with Gasteiger partial charge in [0.15, 0.2) is 0 Å². The second-order valence-corrected chi connectivity index (χ2v) is 7.58. The normalized spacial score (nSPS) is 12.0. The van der Waals surface area contributed by atoms with Gasteiger partial charge in [0.05, 0.1) is 20.8 Å². The van der Waals surface area contributed by atoms with Crippen LogP contribution in [0.2, 0.25) is 0 Å². The number of carbonyl (C=O) groups is 1. The van der Waals surface area contributed by atoms with Gasteiger partial charge in [-0.3, -0.25) is 10.1 Å². The molecule has 0 aliphatic heterocycles. The summed E-state index contributed by atoms with van der Waals surface area (Å²) in [6.07, 6.45) is 4.05. The number of carboxylic acids is 1. The average Bonchev–Trinajstić information content (AvgIpc) is 2.84. The highest BCUT2D eigenvalue weighted by Gasteiger charge is 2.18. The first-order chi connectivity index (χ1) is 16.0. The van der Waals surface area contributed by atoms with Gasteiger partial charge in [-0.05, 0) is 46.9 Å². The molecule has 3 aromatic rings. The summed E-state index contributed by atoms with van der Waals surface area (Å²) in [6.45, 7) is 1.77. The molecule has 3 rings (SSSR count). The molecular formula is C27H29NO5. The first-order valence-corrected chi connectivity index (χ1v) is 10.6. The van der Waals surface area contributed by atoms with E-state index < -0.39 is 18.6 Å². The van der Waals surface area contributed by atoms with Crippen molar-refractivity contribution >= 4 is 18.1 Å². The molecule has 0 aliphatic carbocycles. The summed E-state index contributed by atoms with van der Waals surface area (Å²) in [6, 6.07) is 19.2. The Kier molecular flexibility index (Phi) is 8.24. The van der Waals surface area contributed by atoms with Crippen molar-refractivity contribution in [2.75, 3.05) is 20.8 Å². The number of aliphatic carboxylic acids is 1. The average molecular weight is 448 g/mol. The third kappa shape index (κ3) is 5.80. The fraction of sp³-hybridized carbons (Fsp3) is 0.222. The molecule has 0 radical (unpaired) electrons. The van der Waals surface area contributed by atoms with Crippen LogP contribution in [0.3, 0.4) is 0 Å². The van der Waals surface area contributed by atoms with Gasteiger partial charge in [0, 0.05) is 12.1 Å². The van der Waals surface area contributed by atoms with Crippen LogP contribution in [-0.4, -0.2) is 43.1 Å². The monoisotopic (exact) mass is 447 g/mol. The number of benzene rings is 3. The number of carboxylic acid groups (broad SMARTS) is 1. The number of nitrogens with one attached hydrogen (secondary N) is 1. The van der Waals surface area contributed by atoms with E-state index in [1.54, 1.807) is 14.2 Å². The fourth-order valence-electron chi connectivity index (χ4n) is 3.68. The van der Waals surface area contributed by atoms with Crippen molar-refractivity contribution < 1.29 is 24.5 Å². The third-order valence-electron chi connectivity index (χ3n) is 5.55. The van der Waals surface area contributed by atoms with Crippen LogP contribution in [0.25, 0.3) is 23.3 Å². The topological polar surface area (TPSA) is 88.0 Å². The van der Waals surface area contributed by atoms with Gasteiger partial charge in [-0.2, -0.15) is 0 Å². The van der Waals surface area contributed by atoms with Gasteiger partial charge >= 0.3 is 5.97 Å². The number of hydrogen-bond donors (Lipinski definition) is 3. The van der Waals surface area contributed by atoms with Crippen molar-refractivity contribution in [3.63, 3.8) is 0 Å². The number of hydrogen-bond acceptors (Lipinski definition) is 5. The molecule has 3 N–H and O–H groups in total. The molecule has 0 fully saturated rings. The largest absolute Gasteiger partial charge is 0.496 e. The third-order valence-corrected chi connectivity index (χ3v) is 5.55. The Morgan fingerprint density at radius 2 is 1.67 bits per heavy atom. The zero-order valence-corrected chi connectivity index (χ0v) is 19.0. The number of ether oxygens (including phenoxy) is 2. The highest BCUT2D eigenvalue weighted by atomic mass is 16.5. The minimum Gasteiger partial charge on any atom is -0.496 e. The molecule has 0 bridgehead atoms. The van der Waals surface area contributed by atoms with Crippen molar-refractivity contribution in [1.82, 2.24) is 5.32 Å². The summed E-state index contributed by atoms with van der Waals surface area (Å²) >= 11 is 0. The van der Waals surface area contributed by atoms with Gasteiger partial charge in [0.1, 0.15) is 17.5 Å². The molecule has 1 atom stereocenters. The van der Waals surface area contributed by atoms with Crippen molar-refractivity contribution in [2.45, 2.75) is 19.5 Å². The predicted octanol–water partition coefficient (Wildman–Crippen LogP) is 4.38. The van der Waals surface area contributed by atoms with Crippen LogP contribution in [0.5, 0.6) is 11.5 Å². The van der Waals surface area contributed by atoms with E-state index in [0.717, 1.165) is 11.1 Å². The lowest BCUT2D eigenvalue weighted by atomic mass is 9.96. The molecule has 0 aliphatic rings. The van der Waals surface area contributed by atoms with Gasteiger partial charge in [-0.25, -0.2) is 0 Å². The Morgan fingerprint density at radius 1 is 1.00 bits per heavy atom. The Morgan fingerprint density at radius 3 is 2.24 bits per heavy atom. The van der Waals surface area contributed by atoms with Crippen molar-refractivity contribution in [3.05, 3.63) is 82.9 Å². The molecule has 6 heteroatoms. The first-order valence-electron chi connectivity index (χ1n) is 10.6. The first kappa shape index (κ1) is 24.0. The Balaban J connectivity index is 1.89. The summed E-state index contributed by atoms with van der Waals surface area (Å²) in [7, 11) is 3.11.